The highest BCUT2D eigenvalue weighted by molar-refractivity contribution is 8.01. The summed E-state index contributed by atoms with van der Waals surface area (Å²) in [5.41, 5.74) is 1.75. The maximum Gasteiger partial charge on any atom is 0.175 e. The Morgan fingerprint density at radius 1 is 1.48 bits per heavy atom. The molecule has 0 saturated carbocycles. The second-order valence-corrected chi connectivity index (χ2v) is 5.45. The first kappa shape index (κ1) is 15.7. The van der Waals surface area contributed by atoms with Crippen molar-refractivity contribution in [1.29, 1.82) is 0 Å². The molecule has 0 aliphatic carbocycles. The molecule has 0 fully saturated rings. The fraction of sp³-hybridized carbons (Fsp3) is 0.294. The van der Waals surface area contributed by atoms with E-state index < -0.39 is 0 Å². The van der Waals surface area contributed by atoms with Crippen LogP contribution in [0.25, 0.3) is 11.0 Å². The van der Waals surface area contributed by atoms with Crippen LogP contribution in [-0.4, -0.2) is 26.0 Å². The minimum atomic E-state index is -0.0726. The number of thioether (sulfide) groups is 1. The summed E-state index contributed by atoms with van der Waals surface area (Å²) < 4.78 is 11.7. The second kappa shape index (κ2) is 7.96. The zero-order valence-electron chi connectivity index (χ0n) is 12.5. The van der Waals surface area contributed by atoms with Crippen molar-refractivity contribution < 1.29 is 9.15 Å². The molecule has 0 unspecified atom stereocenters. The Hall–Kier alpha value is -1.65. The Balaban J connectivity index is 2.19. The van der Waals surface area contributed by atoms with Crippen LogP contribution < -0.4 is 10.1 Å². The van der Waals surface area contributed by atoms with Gasteiger partial charge in [0.25, 0.3) is 0 Å². The molecular formula is C17H21NO2S. The molecule has 2 rings (SSSR count). The summed E-state index contributed by atoms with van der Waals surface area (Å²) in [5.74, 6) is 0.761. The van der Waals surface area contributed by atoms with E-state index in [-0.39, 0.29) is 6.10 Å². The molecule has 1 heterocycles. The first-order valence-electron chi connectivity index (χ1n) is 6.92. The summed E-state index contributed by atoms with van der Waals surface area (Å²) >= 11 is 1.65. The van der Waals surface area contributed by atoms with Gasteiger partial charge in [-0.15, -0.1) is 11.8 Å². The zero-order chi connectivity index (χ0) is 15.1. The Bertz CT molecular complexity index is 618. The largest absolute Gasteiger partial charge is 0.482 e. The van der Waals surface area contributed by atoms with Crippen LogP contribution in [0.4, 0.5) is 0 Å². The van der Waals surface area contributed by atoms with Crippen molar-refractivity contribution in [3.05, 3.63) is 54.2 Å². The van der Waals surface area contributed by atoms with Crippen LogP contribution >= 0.6 is 11.8 Å². The van der Waals surface area contributed by atoms with Crippen LogP contribution in [0.1, 0.15) is 6.42 Å². The molecule has 112 valence electrons. The second-order valence-electron chi connectivity index (χ2n) is 4.71. The van der Waals surface area contributed by atoms with E-state index in [4.69, 9.17) is 9.15 Å². The molecule has 0 radical (unpaired) electrons. The number of para-hydroxylation sites is 1. The number of rotatable bonds is 8. The third-order valence-corrected chi connectivity index (χ3v) is 3.61. The standard InChI is InChI=1S/C17H21NO2S/c1-13(9-12-21-3)15(7-10-18-2)20-16-6-4-5-14-8-11-19-17(14)16/h4-6,8-9,11-12,15,18H,1,7,10H2,2-3H3/b12-9-/t15-/m1/s1. The summed E-state index contributed by atoms with van der Waals surface area (Å²) in [6.07, 6.45) is 6.49. The maximum absolute atomic E-state index is 6.15. The molecular weight excluding hydrogens is 282 g/mol. The van der Waals surface area contributed by atoms with E-state index in [1.807, 2.05) is 49.1 Å². The fourth-order valence-electron chi connectivity index (χ4n) is 2.07. The summed E-state index contributed by atoms with van der Waals surface area (Å²) in [7, 11) is 1.94. The lowest BCUT2D eigenvalue weighted by Crippen LogP contribution is -2.23. The van der Waals surface area contributed by atoms with Gasteiger partial charge in [0.05, 0.1) is 6.26 Å². The average molecular weight is 303 g/mol. The number of ether oxygens (including phenoxy) is 1. The lowest BCUT2D eigenvalue weighted by molar-refractivity contribution is 0.230. The Morgan fingerprint density at radius 2 is 2.33 bits per heavy atom. The highest BCUT2D eigenvalue weighted by Gasteiger charge is 2.15. The van der Waals surface area contributed by atoms with Crippen molar-refractivity contribution in [2.24, 2.45) is 0 Å². The molecule has 1 aromatic heterocycles. The molecule has 0 amide bonds. The van der Waals surface area contributed by atoms with E-state index in [9.17, 15) is 0 Å². The minimum Gasteiger partial charge on any atom is -0.482 e. The molecule has 0 bridgehead atoms. The van der Waals surface area contributed by atoms with Gasteiger partial charge in [-0.1, -0.05) is 18.7 Å². The molecule has 0 aliphatic rings. The lowest BCUT2D eigenvalue weighted by atomic mass is 10.1. The van der Waals surface area contributed by atoms with Gasteiger partial charge in [0.2, 0.25) is 0 Å². The van der Waals surface area contributed by atoms with Crippen LogP contribution in [-0.2, 0) is 0 Å². The number of nitrogens with one attached hydrogen (secondary N) is 1. The van der Waals surface area contributed by atoms with Gasteiger partial charge in [-0.2, -0.15) is 0 Å². The van der Waals surface area contributed by atoms with Crippen LogP contribution in [0.15, 0.2) is 58.6 Å². The van der Waals surface area contributed by atoms with Gasteiger partial charge in [0, 0.05) is 11.8 Å². The first-order valence-corrected chi connectivity index (χ1v) is 8.20. The Labute approximate surface area is 130 Å². The summed E-state index contributed by atoms with van der Waals surface area (Å²) in [6, 6.07) is 7.86. The molecule has 3 nitrogen and oxygen atoms in total. The molecule has 2 aromatic rings. The predicted molar refractivity (Wildman–Crippen MR) is 91.0 cm³/mol. The van der Waals surface area contributed by atoms with Crippen LogP contribution in [0.5, 0.6) is 5.75 Å². The molecule has 0 aliphatic heterocycles. The summed E-state index contributed by atoms with van der Waals surface area (Å²) in [6.45, 7) is 4.99. The van der Waals surface area contributed by atoms with Crippen molar-refractivity contribution in [3.8, 4) is 5.75 Å². The highest BCUT2D eigenvalue weighted by atomic mass is 32.2. The van der Waals surface area contributed by atoms with E-state index in [2.05, 4.69) is 11.9 Å². The number of furan rings is 1. The molecule has 4 heteroatoms. The number of hydrogen-bond acceptors (Lipinski definition) is 4. The molecule has 1 atom stereocenters. The van der Waals surface area contributed by atoms with Crippen molar-refractivity contribution in [1.82, 2.24) is 5.32 Å². The van der Waals surface area contributed by atoms with Crippen LogP contribution in [0, 0.1) is 0 Å². The van der Waals surface area contributed by atoms with E-state index in [0.29, 0.717) is 0 Å². The third kappa shape index (κ3) is 4.16. The van der Waals surface area contributed by atoms with Crippen molar-refractivity contribution in [2.75, 3.05) is 19.8 Å². The van der Waals surface area contributed by atoms with Gasteiger partial charge >= 0.3 is 0 Å². The topological polar surface area (TPSA) is 34.4 Å². The van der Waals surface area contributed by atoms with Crippen LogP contribution in [0.2, 0.25) is 0 Å². The monoisotopic (exact) mass is 303 g/mol. The maximum atomic E-state index is 6.15. The van der Waals surface area contributed by atoms with Gasteiger partial charge in [-0.05, 0) is 49.0 Å². The predicted octanol–water partition coefficient (Wildman–Crippen LogP) is 4.22. The highest BCUT2D eigenvalue weighted by Crippen LogP contribution is 2.28. The summed E-state index contributed by atoms with van der Waals surface area (Å²) in [5, 5.41) is 6.22. The normalized spacial score (nSPS) is 12.9. The third-order valence-electron chi connectivity index (χ3n) is 3.20. The zero-order valence-corrected chi connectivity index (χ0v) is 13.3. The number of benzene rings is 1. The first-order chi connectivity index (χ1) is 10.3. The minimum absolute atomic E-state index is 0.0726. The molecule has 1 aromatic carbocycles. The van der Waals surface area contributed by atoms with E-state index in [1.54, 1.807) is 18.0 Å². The van der Waals surface area contributed by atoms with Crippen molar-refractivity contribution >= 4 is 22.7 Å². The molecule has 0 spiro atoms. The Morgan fingerprint density at radius 3 is 3.10 bits per heavy atom. The smallest absolute Gasteiger partial charge is 0.175 e. The fourth-order valence-corrected chi connectivity index (χ4v) is 2.38. The summed E-state index contributed by atoms with van der Waals surface area (Å²) in [4.78, 5) is 0. The lowest BCUT2D eigenvalue weighted by Gasteiger charge is -2.19. The molecule has 1 N–H and O–H groups in total. The van der Waals surface area contributed by atoms with E-state index in [1.165, 1.54) is 0 Å². The van der Waals surface area contributed by atoms with Gasteiger partial charge in [-0.25, -0.2) is 0 Å². The van der Waals surface area contributed by atoms with Crippen molar-refractivity contribution in [2.45, 2.75) is 12.5 Å². The SMILES string of the molecule is C=C(/C=C\SC)[C@@H](CCNC)Oc1cccc2ccoc12. The number of hydrogen-bond donors (Lipinski definition) is 1. The Kier molecular flexibility index (Phi) is 5.96. The molecule has 21 heavy (non-hydrogen) atoms. The quantitative estimate of drug-likeness (QED) is 0.740. The van der Waals surface area contributed by atoms with E-state index >= 15 is 0 Å². The van der Waals surface area contributed by atoms with Gasteiger partial charge in [0.15, 0.2) is 11.3 Å². The van der Waals surface area contributed by atoms with Crippen molar-refractivity contribution in [3.63, 3.8) is 0 Å². The average Bonchev–Trinajstić information content (AvgIpc) is 2.98. The van der Waals surface area contributed by atoms with Crippen LogP contribution in [0.3, 0.4) is 0 Å². The number of fused-ring (bicyclic) bond motifs is 1. The van der Waals surface area contributed by atoms with Gasteiger partial charge in [-0.3, -0.25) is 0 Å². The molecule has 0 saturated heterocycles. The van der Waals surface area contributed by atoms with E-state index in [0.717, 1.165) is 35.3 Å². The van der Waals surface area contributed by atoms with Gasteiger partial charge in [0.1, 0.15) is 6.10 Å². The van der Waals surface area contributed by atoms with Gasteiger partial charge < -0.3 is 14.5 Å².